The number of sulfonamides is 1. The van der Waals surface area contributed by atoms with E-state index in [1.54, 1.807) is 43.5 Å². The van der Waals surface area contributed by atoms with Crippen LogP contribution in [-0.4, -0.2) is 45.4 Å². The summed E-state index contributed by atoms with van der Waals surface area (Å²) in [4.78, 5) is 12.3. The Hall–Kier alpha value is -2.58. The molecule has 0 aliphatic carbocycles. The lowest BCUT2D eigenvalue weighted by atomic mass is 10.0. The van der Waals surface area contributed by atoms with Gasteiger partial charge >= 0.3 is 0 Å². The van der Waals surface area contributed by atoms with Gasteiger partial charge in [0.15, 0.2) is 6.61 Å². The number of carbonyl (C=O) groups excluding carboxylic acids is 1. The van der Waals surface area contributed by atoms with Crippen molar-refractivity contribution in [2.75, 3.05) is 32.1 Å². The molecule has 1 saturated heterocycles. The van der Waals surface area contributed by atoms with Gasteiger partial charge in [0.2, 0.25) is 10.0 Å². The van der Waals surface area contributed by atoms with Gasteiger partial charge in [-0.15, -0.1) is 0 Å². The lowest BCUT2D eigenvalue weighted by Gasteiger charge is -2.29. The molecule has 156 valence electrons. The molecule has 2 aromatic carbocycles. The summed E-state index contributed by atoms with van der Waals surface area (Å²) in [5, 5.41) is 2.72. The molecule has 0 atom stereocenters. The minimum absolute atomic E-state index is 0.178. The Kier molecular flexibility index (Phi) is 6.76. The highest BCUT2D eigenvalue weighted by Gasteiger charge is 2.27. The smallest absolute Gasteiger partial charge is 0.262 e. The molecule has 0 radical (unpaired) electrons. The van der Waals surface area contributed by atoms with Crippen LogP contribution < -0.4 is 14.8 Å². The van der Waals surface area contributed by atoms with E-state index in [9.17, 15) is 13.2 Å². The molecular formula is C21H26N2O5S. The second kappa shape index (κ2) is 9.28. The first-order chi connectivity index (χ1) is 13.9. The van der Waals surface area contributed by atoms with Gasteiger partial charge < -0.3 is 14.8 Å². The second-order valence-corrected chi connectivity index (χ2v) is 9.06. The fourth-order valence-corrected chi connectivity index (χ4v) is 4.57. The fourth-order valence-electron chi connectivity index (χ4n) is 3.10. The van der Waals surface area contributed by atoms with E-state index in [1.807, 2.05) is 0 Å². The van der Waals surface area contributed by atoms with Gasteiger partial charge in [-0.2, -0.15) is 4.31 Å². The van der Waals surface area contributed by atoms with E-state index in [4.69, 9.17) is 9.47 Å². The van der Waals surface area contributed by atoms with E-state index in [0.29, 0.717) is 36.2 Å². The van der Waals surface area contributed by atoms with Crippen LogP contribution >= 0.6 is 0 Å². The highest BCUT2D eigenvalue weighted by atomic mass is 32.2. The van der Waals surface area contributed by atoms with Crippen LogP contribution in [0.2, 0.25) is 0 Å². The third-order valence-electron chi connectivity index (χ3n) is 4.95. The molecule has 0 unspecified atom stereocenters. The first kappa shape index (κ1) is 21.1. The van der Waals surface area contributed by atoms with Gasteiger partial charge in [-0.05, 0) is 67.3 Å². The number of hydrogen-bond donors (Lipinski definition) is 1. The normalized spacial score (nSPS) is 15.7. The Balaban J connectivity index is 1.54. The first-order valence-corrected chi connectivity index (χ1v) is 11.0. The number of methoxy groups -OCH3 is 1. The predicted octanol–water partition coefficient (Wildman–Crippen LogP) is 3.13. The van der Waals surface area contributed by atoms with Crippen LogP contribution in [0.25, 0.3) is 0 Å². The van der Waals surface area contributed by atoms with Gasteiger partial charge in [0.25, 0.3) is 5.91 Å². The Morgan fingerprint density at radius 3 is 2.21 bits per heavy atom. The summed E-state index contributed by atoms with van der Waals surface area (Å²) in [6, 6.07) is 13.1. The largest absolute Gasteiger partial charge is 0.497 e. The van der Waals surface area contributed by atoms with Crippen molar-refractivity contribution in [2.45, 2.75) is 24.7 Å². The zero-order valence-electron chi connectivity index (χ0n) is 16.6. The van der Waals surface area contributed by atoms with E-state index in [1.165, 1.54) is 16.4 Å². The van der Waals surface area contributed by atoms with Crippen LogP contribution in [0, 0.1) is 5.92 Å². The molecular weight excluding hydrogens is 392 g/mol. The van der Waals surface area contributed by atoms with Crippen LogP contribution in [0.15, 0.2) is 53.4 Å². The number of ether oxygens (including phenoxy) is 2. The number of piperidine rings is 1. The molecule has 0 aromatic heterocycles. The number of nitrogens with zero attached hydrogens (tertiary/aromatic N) is 1. The molecule has 0 saturated carbocycles. The molecule has 7 nitrogen and oxygen atoms in total. The Morgan fingerprint density at radius 1 is 1.03 bits per heavy atom. The summed E-state index contributed by atoms with van der Waals surface area (Å²) < 4.78 is 37.5. The van der Waals surface area contributed by atoms with E-state index < -0.39 is 10.0 Å². The molecule has 0 bridgehead atoms. The predicted molar refractivity (Wildman–Crippen MR) is 111 cm³/mol. The van der Waals surface area contributed by atoms with Crippen molar-refractivity contribution in [3.05, 3.63) is 48.5 Å². The Morgan fingerprint density at radius 2 is 1.62 bits per heavy atom. The van der Waals surface area contributed by atoms with Crippen molar-refractivity contribution in [3.63, 3.8) is 0 Å². The van der Waals surface area contributed by atoms with Crippen LogP contribution in [0.1, 0.15) is 19.8 Å². The summed E-state index contributed by atoms with van der Waals surface area (Å²) in [5.74, 6) is 1.38. The van der Waals surface area contributed by atoms with Crippen molar-refractivity contribution < 1.29 is 22.7 Å². The highest BCUT2D eigenvalue weighted by molar-refractivity contribution is 7.89. The molecule has 1 amide bonds. The molecule has 0 spiro atoms. The molecule has 1 heterocycles. The highest BCUT2D eigenvalue weighted by Crippen LogP contribution is 2.25. The Bertz CT molecular complexity index is 919. The zero-order valence-corrected chi connectivity index (χ0v) is 17.4. The monoisotopic (exact) mass is 418 g/mol. The third kappa shape index (κ3) is 5.48. The van der Waals surface area contributed by atoms with Gasteiger partial charge in [0.1, 0.15) is 11.5 Å². The second-order valence-electron chi connectivity index (χ2n) is 7.12. The maximum absolute atomic E-state index is 12.7. The lowest BCUT2D eigenvalue weighted by Crippen LogP contribution is -2.37. The van der Waals surface area contributed by atoms with Gasteiger partial charge in [-0.25, -0.2) is 8.42 Å². The van der Waals surface area contributed by atoms with Crippen LogP contribution in [0.5, 0.6) is 11.5 Å². The molecule has 3 rings (SSSR count). The summed E-state index contributed by atoms with van der Waals surface area (Å²) in [6.45, 7) is 3.06. The maximum atomic E-state index is 12.7. The SMILES string of the molecule is COc1ccc(NC(=O)COc2ccc(S(=O)(=O)N3CCC(C)CC3)cc2)cc1. The van der Waals surface area contributed by atoms with Gasteiger partial charge in [-0.1, -0.05) is 6.92 Å². The molecule has 2 aromatic rings. The third-order valence-corrected chi connectivity index (χ3v) is 6.86. The number of amides is 1. The average Bonchev–Trinajstić information content (AvgIpc) is 2.73. The number of benzene rings is 2. The van der Waals surface area contributed by atoms with Crippen LogP contribution in [0.3, 0.4) is 0 Å². The van der Waals surface area contributed by atoms with Crippen LogP contribution in [-0.2, 0) is 14.8 Å². The molecule has 1 N–H and O–H groups in total. The van der Waals surface area contributed by atoms with E-state index in [-0.39, 0.29) is 17.4 Å². The van der Waals surface area contributed by atoms with E-state index in [0.717, 1.165) is 12.8 Å². The van der Waals surface area contributed by atoms with E-state index in [2.05, 4.69) is 12.2 Å². The summed E-state index contributed by atoms with van der Waals surface area (Å²) >= 11 is 0. The van der Waals surface area contributed by atoms with Crippen molar-refractivity contribution in [1.82, 2.24) is 4.31 Å². The van der Waals surface area contributed by atoms with Crippen LogP contribution in [0.4, 0.5) is 5.69 Å². The van der Waals surface area contributed by atoms with Gasteiger partial charge in [0, 0.05) is 18.8 Å². The number of hydrogen-bond acceptors (Lipinski definition) is 5. The minimum atomic E-state index is -3.49. The average molecular weight is 419 g/mol. The summed E-state index contributed by atoms with van der Waals surface area (Å²) in [5.41, 5.74) is 0.636. The van der Waals surface area contributed by atoms with Crippen molar-refractivity contribution in [2.24, 2.45) is 5.92 Å². The Labute approximate surface area is 171 Å². The maximum Gasteiger partial charge on any atom is 0.262 e. The van der Waals surface area contributed by atoms with Gasteiger partial charge in [-0.3, -0.25) is 4.79 Å². The number of anilines is 1. The van der Waals surface area contributed by atoms with Crippen molar-refractivity contribution in [1.29, 1.82) is 0 Å². The first-order valence-electron chi connectivity index (χ1n) is 9.55. The molecule has 1 aliphatic rings. The minimum Gasteiger partial charge on any atom is -0.497 e. The zero-order chi connectivity index (χ0) is 20.9. The van der Waals surface area contributed by atoms with Crippen molar-refractivity contribution >= 4 is 21.6 Å². The van der Waals surface area contributed by atoms with Gasteiger partial charge in [0.05, 0.1) is 12.0 Å². The molecule has 1 fully saturated rings. The summed E-state index contributed by atoms with van der Waals surface area (Å²) in [7, 11) is -1.92. The fraction of sp³-hybridized carbons (Fsp3) is 0.381. The van der Waals surface area contributed by atoms with Crippen molar-refractivity contribution in [3.8, 4) is 11.5 Å². The topological polar surface area (TPSA) is 84.9 Å². The van der Waals surface area contributed by atoms with E-state index >= 15 is 0 Å². The standard InChI is InChI=1S/C21H26N2O5S/c1-16-11-13-23(14-12-16)29(25,26)20-9-7-19(8-10-20)28-15-21(24)22-17-3-5-18(27-2)6-4-17/h3-10,16H,11-15H2,1-2H3,(H,22,24). The summed E-state index contributed by atoms with van der Waals surface area (Å²) in [6.07, 6.45) is 1.76. The molecule has 29 heavy (non-hydrogen) atoms. The quantitative estimate of drug-likeness (QED) is 0.747. The number of rotatable bonds is 7. The number of nitrogens with one attached hydrogen (secondary N) is 1. The number of carbonyl (C=O) groups is 1. The molecule has 1 aliphatic heterocycles. The lowest BCUT2D eigenvalue weighted by molar-refractivity contribution is -0.118. The molecule has 8 heteroatoms.